The first-order chi connectivity index (χ1) is 7.69. The van der Waals surface area contributed by atoms with Gasteiger partial charge >= 0.3 is 5.97 Å². The summed E-state index contributed by atoms with van der Waals surface area (Å²) in [6, 6.07) is 3.77. The standard InChI is InChI=1S/C12H17NO3/c1-9-6-7-10(5-3-4-8-14)13-11(9)12(15)16-2/h6-7,14H,3-5,8H2,1-2H3. The molecule has 0 unspecified atom stereocenters. The minimum absolute atomic E-state index is 0.190. The van der Waals surface area contributed by atoms with E-state index < -0.39 is 5.97 Å². The van der Waals surface area contributed by atoms with E-state index in [0.29, 0.717) is 5.69 Å². The Kier molecular flexibility index (Phi) is 4.92. The third kappa shape index (κ3) is 3.31. The van der Waals surface area contributed by atoms with Crippen molar-refractivity contribution in [3.8, 4) is 0 Å². The second-order valence-corrected chi connectivity index (χ2v) is 3.64. The van der Waals surface area contributed by atoms with Gasteiger partial charge in [0.05, 0.1) is 7.11 Å². The molecular formula is C12H17NO3. The number of aromatic nitrogens is 1. The fourth-order valence-corrected chi connectivity index (χ4v) is 1.43. The Balaban J connectivity index is 2.77. The number of aryl methyl sites for hydroxylation is 2. The molecule has 1 aromatic heterocycles. The summed E-state index contributed by atoms with van der Waals surface area (Å²) in [6.45, 7) is 2.02. The highest BCUT2D eigenvalue weighted by atomic mass is 16.5. The van der Waals surface area contributed by atoms with Gasteiger partial charge in [-0.15, -0.1) is 0 Å². The number of pyridine rings is 1. The Hall–Kier alpha value is -1.42. The number of esters is 1. The van der Waals surface area contributed by atoms with Gasteiger partial charge in [0.1, 0.15) is 0 Å². The number of nitrogens with zero attached hydrogens (tertiary/aromatic N) is 1. The van der Waals surface area contributed by atoms with Crippen LogP contribution in [0.15, 0.2) is 12.1 Å². The van der Waals surface area contributed by atoms with Gasteiger partial charge in [-0.3, -0.25) is 0 Å². The molecule has 1 rings (SSSR count). The number of rotatable bonds is 5. The highest BCUT2D eigenvalue weighted by molar-refractivity contribution is 5.88. The highest BCUT2D eigenvalue weighted by Gasteiger charge is 2.11. The summed E-state index contributed by atoms with van der Waals surface area (Å²) in [5, 5.41) is 8.67. The molecule has 0 amide bonds. The van der Waals surface area contributed by atoms with Crippen LogP contribution in [0.25, 0.3) is 0 Å². The molecule has 0 fully saturated rings. The van der Waals surface area contributed by atoms with Gasteiger partial charge in [0.15, 0.2) is 5.69 Å². The van der Waals surface area contributed by atoms with Gasteiger partial charge in [-0.1, -0.05) is 6.07 Å². The van der Waals surface area contributed by atoms with Crippen LogP contribution in [-0.4, -0.2) is 29.8 Å². The first kappa shape index (κ1) is 12.6. The molecule has 16 heavy (non-hydrogen) atoms. The zero-order valence-electron chi connectivity index (χ0n) is 9.69. The van der Waals surface area contributed by atoms with E-state index in [1.54, 1.807) is 0 Å². The molecule has 1 aromatic rings. The largest absolute Gasteiger partial charge is 0.464 e. The monoisotopic (exact) mass is 223 g/mol. The number of hydrogen-bond donors (Lipinski definition) is 1. The molecule has 0 radical (unpaired) electrons. The van der Waals surface area contributed by atoms with Crippen molar-refractivity contribution in [1.29, 1.82) is 0 Å². The van der Waals surface area contributed by atoms with Crippen molar-refractivity contribution in [1.82, 2.24) is 4.98 Å². The number of aliphatic hydroxyl groups excluding tert-OH is 1. The van der Waals surface area contributed by atoms with Crippen LogP contribution < -0.4 is 0 Å². The first-order valence-corrected chi connectivity index (χ1v) is 5.34. The molecule has 0 saturated heterocycles. The van der Waals surface area contributed by atoms with E-state index in [2.05, 4.69) is 9.72 Å². The molecule has 0 bridgehead atoms. The summed E-state index contributed by atoms with van der Waals surface area (Å²) in [5.41, 5.74) is 2.06. The van der Waals surface area contributed by atoms with Crippen LogP contribution in [0.1, 0.15) is 34.6 Å². The first-order valence-electron chi connectivity index (χ1n) is 5.34. The number of hydrogen-bond acceptors (Lipinski definition) is 4. The van der Waals surface area contributed by atoms with E-state index in [-0.39, 0.29) is 6.61 Å². The average Bonchev–Trinajstić information content (AvgIpc) is 2.30. The number of unbranched alkanes of at least 4 members (excludes halogenated alkanes) is 1. The molecule has 0 saturated carbocycles. The van der Waals surface area contributed by atoms with E-state index in [9.17, 15) is 4.79 Å². The molecule has 4 heteroatoms. The third-order valence-corrected chi connectivity index (χ3v) is 2.37. The number of methoxy groups -OCH3 is 1. The number of carbonyl (C=O) groups excluding carboxylic acids is 1. The molecule has 0 atom stereocenters. The number of carbonyl (C=O) groups is 1. The van der Waals surface area contributed by atoms with Gasteiger partial charge in [-0.25, -0.2) is 9.78 Å². The molecule has 1 heterocycles. The second kappa shape index (κ2) is 6.23. The Morgan fingerprint density at radius 3 is 2.81 bits per heavy atom. The lowest BCUT2D eigenvalue weighted by molar-refractivity contribution is 0.0592. The van der Waals surface area contributed by atoms with E-state index in [4.69, 9.17) is 5.11 Å². The predicted octanol–water partition coefficient (Wildman–Crippen LogP) is 1.49. The summed E-state index contributed by atoms with van der Waals surface area (Å²) >= 11 is 0. The summed E-state index contributed by atoms with van der Waals surface area (Å²) in [6.07, 6.45) is 2.39. The van der Waals surface area contributed by atoms with E-state index in [1.807, 2.05) is 19.1 Å². The van der Waals surface area contributed by atoms with Crippen molar-refractivity contribution in [2.45, 2.75) is 26.2 Å². The van der Waals surface area contributed by atoms with Crippen LogP contribution >= 0.6 is 0 Å². The van der Waals surface area contributed by atoms with Crippen molar-refractivity contribution in [3.05, 3.63) is 29.1 Å². The van der Waals surface area contributed by atoms with Gasteiger partial charge in [0.25, 0.3) is 0 Å². The van der Waals surface area contributed by atoms with Crippen molar-refractivity contribution in [3.63, 3.8) is 0 Å². The SMILES string of the molecule is COC(=O)c1nc(CCCCO)ccc1C. The van der Waals surface area contributed by atoms with Crippen LogP contribution in [0.5, 0.6) is 0 Å². The fraction of sp³-hybridized carbons (Fsp3) is 0.500. The number of ether oxygens (including phenoxy) is 1. The van der Waals surface area contributed by atoms with Crippen molar-refractivity contribution >= 4 is 5.97 Å². The molecule has 4 nitrogen and oxygen atoms in total. The lowest BCUT2D eigenvalue weighted by Crippen LogP contribution is -2.08. The van der Waals surface area contributed by atoms with Crippen molar-refractivity contribution in [2.24, 2.45) is 0 Å². The number of aliphatic hydroxyl groups is 1. The van der Waals surface area contributed by atoms with Gasteiger partial charge < -0.3 is 9.84 Å². The molecule has 0 aliphatic rings. The third-order valence-electron chi connectivity index (χ3n) is 2.37. The normalized spacial score (nSPS) is 10.2. The average molecular weight is 223 g/mol. The minimum atomic E-state index is -0.401. The lowest BCUT2D eigenvalue weighted by Gasteiger charge is -2.05. The Bertz CT molecular complexity index is 363. The van der Waals surface area contributed by atoms with Crippen molar-refractivity contribution in [2.75, 3.05) is 13.7 Å². The van der Waals surface area contributed by atoms with Crippen molar-refractivity contribution < 1.29 is 14.6 Å². The maximum absolute atomic E-state index is 11.4. The highest BCUT2D eigenvalue weighted by Crippen LogP contribution is 2.10. The Labute approximate surface area is 95.3 Å². The van der Waals surface area contributed by atoms with Gasteiger partial charge in [-0.2, -0.15) is 0 Å². The zero-order valence-corrected chi connectivity index (χ0v) is 9.69. The molecule has 0 spiro atoms. The molecule has 88 valence electrons. The maximum atomic E-state index is 11.4. The summed E-state index contributed by atoms with van der Waals surface area (Å²) < 4.78 is 4.66. The van der Waals surface area contributed by atoms with Gasteiger partial charge in [0.2, 0.25) is 0 Å². The van der Waals surface area contributed by atoms with Crippen LogP contribution in [0, 0.1) is 6.92 Å². The lowest BCUT2D eigenvalue weighted by atomic mass is 10.1. The summed E-state index contributed by atoms with van der Waals surface area (Å²) in [5.74, 6) is -0.401. The molecule has 0 aromatic carbocycles. The Morgan fingerprint density at radius 1 is 1.44 bits per heavy atom. The quantitative estimate of drug-likeness (QED) is 0.607. The maximum Gasteiger partial charge on any atom is 0.356 e. The van der Waals surface area contributed by atoms with Crippen LogP contribution in [0.4, 0.5) is 0 Å². The molecule has 0 aliphatic carbocycles. The molecule has 1 N–H and O–H groups in total. The smallest absolute Gasteiger partial charge is 0.356 e. The molecule has 0 aliphatic heterocycles. The van der Waals surface area contributed by atoms with Crippen LogP contribution in [0.3, 0.4) is 0 Å². The van der Waals surface area contributed by atoms with E-state index >= 15 is 0 Å². The van der Waals surface area contributed by atoms with E-state index in [1.165, 1.54) is 7.11 Å². The fourth-order valence-electron chi connectivity index (χ4n) is 1.43. The minimum Gasteiger partial charge on any atom is -0.464 e. The predicted molar refractivity (Wildman–Crippen MR) is 60.3 cm³/mol. The van der Waals surface area contributed by atoms with Crippen LogP contribution in [0.2, 0.25) is 0 Å². The van der Waals surface area contributed by atoms with Gasteiger partial charge in [-0.05, 0) is 37.8 Å². The van der Waals surface area contributed by atoms with Crippen LogP contribution in [-0.2, 0) is 11.2 Å². The summed E-state index contributed by atoms with van der Waals surface area (Å²) in [7, 11) is 1.35. The van der Waals surface area contributed by atoms with Gasteiger partial charge in [0, 0.05) is 12.3 Å². The molecular weight excluding hydrogens is 206 g/mol. The van der Waals surface area contributed by atoms with E-state index in [0.717, 1.165) is 30.5 Å². The summed E-state index contributed by atoms with van der Waals surface area (Å²) in [4.78, 5) is 15.7. The Morgan fingerprint density at radius 2 is 2.19 bits per heavy atom. The zero-order chi connectivity index (χ0) is 12.0. The second-order valence-electron chi connectivity index (χ2n) is 3.64. The topological polar surface area (TPSA) is 59.4 Å².